The van der Waals surface area contributed by atoms with Gasteiger partial charge in [-0.2, -0.15) is 0 Å². The number of fused-ring (bicyclic) bond motifs is 1. The van der Waals surface area contributed by atoms with Crippen molar-refractivity contribution in [3.05, 3.63) is 72.3 Å². The minimum absolute atomic E-state index is 0.102. The van der Waals surface area contributed by atoms with E-state index in [1.165, 1.54) is 16.5 Å². The maximum atomic E-state index is 12.7. The van der Waals surface area contributed by atoms with E-state index < -0.39 is 0 Å². The Kier molecular flexibility index (Phi) is 6.34. The molecule has 0 saturated carbocycles. The molecule has 1 aliphatic heterocycles. The summed E-state index contributed by atoms with van der Waals surface area (Å²) in [5, 5.41) is 5.98. The molecule has 0 bridgehead atoms. The van der Waals surface area contributed by atoms with Crippen LogP contribution in [-0.4, -0.2) is 43.0 Å². The van der Waals surface area contributed by atoms with Gasteiger partial charge in [-0.05, 0) is 86.9 Å². The molecule has 0 spiro atoms. The molecule has 1 saturated heterocycles. The number of nitrogens with zero attached hydrogens (tertiary/aromatic N) is 2. The van der Waals surface area contributed by atoms with E-state index in [0.29, 0.717) is 6.04 Å². The molecular weight excluding hydrogens is 370 g/mol. The first-order valence-electron chi connectivity index (χ1n) is 11.1. The molecule has 3 aromatic rings. The Labute approximate surface area is 179 Å². The van der Waals surface area contributed by atoms with E-state index in [9.17, 15) is 4.79 Å². The Morgan fingerprint density at radius 2 is 1.50 bits per heavy atom. The van der Waals surface area contributed by atoms with Crippen LogP contribution >= 0.6 is 0 Å². The number of rotatable bonds is 6. The van der Waals surface area contributed by atoms with Gasteiger partial charge >= 0.3 is 0 Å². The predicted molar refractivity (Wildman–Crippen MR) is 126 cm³/mol. The van der Waals surface area contributed by atoms with Crippen molar-refractivity contribution in [2.24, 2.45) is 0 Å². The van der Waals surface area contributed by atoms with Crippen molar-refractivity contribution in [1.82, 2.24) is 10.2 Å². The lowest BCUT2D eigenvalue weighted by Crippen LogP contribution is -2.40. The summed E-state index contributed by atoms with van der Waals surface area (Å²) in [6.07, 6.45) is 2.21. The van der Waals surface area contributed by atoms with E-state index in [1.807, 2.05) is 30.9 Å². The highest BCUT2D eigenvalue weighted by atomic mass is 16.2. The van der Waals surface area contributed by atoms with Crippen molar-refractivity contribution in [3.8, 4) is 0 Å². The third kappa shape index (κ3) is 4.19. The fourth-order valence-electron chi connectivity index (χ4n) is 4.42. The van der Waals surface area contributed by atoms with Gasteiger partial charge in [0.05, 0.1) is 0 Å². The number of anilines is 2. The van der Waals surface area contributed by atoms with E-state index in [1.54, 1.807) is 0 Å². The van der Waals surface area contributed by atoms with Gasteiger partial charge in [-0.15, -0.1) is 0 Å². The third-order valence-corrected chi connectivity index (χ3v) is 6.13. The van der Waals surface area contributed by atoms with Gasteiger partial charge in [-0.3, -0.25) is 4.79 Å². The van der Waals surface area contributed by atoms with Crippen LogP contribution in [0.5, 0.6) is 0 Å². The lowest BCUT2D eigenvalue weighted by Gasteiger charge is -2.37. The number of carbonyl (C=O) groups excluding carboxylic acids is 1. The lowest BCUT2D eigenvalue weighted by molar-refractivity contribution is 0.0773. The van der Waals surface area contributed by atoms with Gasteiger partial charge in [0.15, 0.2) is 0 Å². The highest BCUT2D eigenvalue weighted by Gasteiger charge is 2.23. The van der Waals surface area contributed by atoms with Crippen molar-refractivity contribution >= 4 is 28.1 Å². The first-order valence-corrected chi connectivity index (χ1v) is 11.1. The van der Waals surface area contributed by atoms with E-state index >= 15 is 0 Å². The molecule has 0 unspecified atom stereocenters. The third-order valence-electron chi connectivity index (χ3n) is 6.13. The summed E-state index contributed by atoms with van der Waals surface area (Å²) in [6, 6.07) is 23.8. The van der Waals surface area contributed by atoms with Gasteiger partial charge in [0.2, 0.25) is 0 Å². The molecule has 4 heteroatoms. The Balaban J connectivity index is 1.69. The molecule has 0 atom stereocenters. The standard InChI is InChI=1S/C26H31N3O/c1-3-28(4-2)26(30)21-10-12-23(13-11-21)29(24-15-17-27-18-16-24)25-14-9-20-7-5-6-8-22(20)19-25/h5-14,19,24,27H,3-4,15-18H2,1-2H3. The average molecular weight is 402 g/mol. The van der Waals surface area contributed by atoms with E-state index in [-0.39, 0.29) is 5.91 Å². The fraction of sp³-hybridized carbons (Fsp3) is 0.346. The maximum Gasteiger partial charge on any atom is 0.253 e. The molecule has 4 nitrogen and oxygen atoms in total. The number of benzene rings is 3. The second kappa shape index (κ2) is 9.31. The van der Waals surface area contributed by atoms with Gasteiger partial charge in [0.25, 0.3) is 5.91 Å². The van der Waals surface area contributed by atoms with Crippen LogP contribution in [0.15, 0.2) is 66.7 Å². The summed E-state index contributed by atoms with van der Waals surface area (Å²) in [6.45, 7) is 7.58. The van der Waals surface area contributed by atoms with E-state index in [0.717, 1.165) is 50.3 Å². The van der Waals surface area contributed by atoms with Crippen LogP contribution in [0, 0.1) is 0 Å². The molecule has 3 aromatic carbocycles. The minimum Gasteiger partial charge on any atom is -0.339 e. The fourth-order valence-corrected chi connectivity index (χ4v) is 4.42. The Hall–Kier alpha value is -2.85. The predicted octanol–water partition coefficient (Wildman–Crippen LogP) is 5.21. The molecule has 1 fully saturated rings. The number of amides is 1. The SMILES string of the molecule is CCN(CC)C(=O)c1ccc(N(c2ccc3ccccc3c2)C2CCNCC2)cc1. The van der Waals surface area contributed by atoms with Crippen LogP contribution in [0.4, 0.5) is 11.4 Å². The van der Waals surface area contributed by atoms with E-state index in [4.69, 9.17) is 0 Å². The van der Waals surface area contributed by atoms with Crippen LogP contribution in [0.3, 0.4) is 0 Å². The van der Waals surface area contributed by atoms with Crippen molar-refractivity contribution in [2.45, 2.75) is 32.7 Å². The number of carbonyl (C=O) groups is 1. The number of hydrogen-bond donors (Lipinski definition) is 1. The molecule has 0 aliphatic carbocycles. The second-order valence-electron chi connectivity index (χ2n) is 7.91. The molecule has 156 valence electrons. The molecule has 0 aromatic heterocycles. The first kappa shape index (κ1) is 20.4. The van der Waals surface area contributed by atoms with Crippen LogP contribution in [0.25, 0.3) is 10.8 Å². The molecule has 0 radical (unpaired) electrons. The Morgan fingerprint density at radius 1 is 0.867 bits per heavy atom. The topological polar surface area (TPSA) is 35.6 Å². The average Bonchev–Trinajstić information content (AvgIpc) is 2.81. The lowest BCUT2D eigenvalue weighted by atomic mass is 10.0. The monoisotopic (exact) mass is 401 g/mol. The number of hydrogen-bond acceptors (Lipinski definition) is 3. The maximum absolute atomic E-state index is 12.7. The Morgan fingerprint density at radius 3 is 2.17 bits per heavy atom. The zero-order valence-corrected chi connectivity index (χ0v) is 18.0. The van der Waals surface area contributed by atoms with Crippen molar-refractivity contribution in [3.63, 3.8) is 0 Å². The van der Waals surface area contributed by atoms with Gasteiger partial charge in [-0.25, -0.2) is 0 Å². The van der Waals surface area contributed by atoms with Crippen LogP contribution in [-0.2, 0) is 0 Å². The van der Waals surface area contributed by atoms with Crippen molar-refractivity contribution in [1.29, 1.82) is 0 Å². The summed E-state index contributed by atoms with van der Waals surface area (Å²) >= 11 is 0. The zero-order chi connectivity index (χ0) is 20.9. The molecule has 1 heterocycles. The summed E-state index contributed by atoms with van der Waals surface area (Å²) in [5.41, 5.74) is 3.11. The highest BCUT2D eigenvalue weighted by molar-refractivity contribution is 5.95. The molecule has 30 heavy (non-hydrogen) atoms. The molecule has 4 rings (SSSR count). The second-order valence-corrected chi connectivity index (χ2v) is 7.91. The summed E-state index contributed by atoms with van der Waals surface area (Å²) < 4.78 is 0. The first-order chi connectivity index (χ1) is 14.7. The van der Waals surface area contributed by atoms with Gasteiger partial charge < -0.3 is 15.1 Å². The smallest absolute Gasteiger partial charge is 0.253 e. The molecule has 1 amide bonds. The molecular formula is C26H31N3O. The zero-order valence-electron chi connectivity index (χ0n) is 18.0. The number of nitrogens with one attached hydrogen (secondary N) is 1. The molecule has 1 aliphatic rings. The summed E-state index contributed by atoms with van der Waals surface area (Å²) in [5.74, 6) is 0.102. The van der Waals surface area contributed by atoms with Crippen LogP contribution < -0.4 is 10.2 Å². The van der Waals surface area contributed by atoms with Gasteiger partial charge in [-0.1, -0.05) is 30.3 Å². The largest absolute Gasteiger partial charge is 0.339 e. The van der Waals surface area contributed by atoms with Gasteiger partial charge in [0.1, 0.15) is 0 Å². The molecule has 1 N–H and O–H groups in total. The highest BCUT2D eigenvalue weighted by Crippen LogP contribution is 2.33. The quantitative estimate of drug-likeness (QED) is 0.616. The summed E-state index contributed by atoms with van der Waals surface area (Å²) in [7, 11) is 0. The van der Waals surface area contributed by atoms with Crippen molar-refractivity contribution < 1.29 is 4.79 Å². The van der Waals surface area contributed by atoms with Gasteiger partial charge in [0, 0.05) is 36.1 Å². The van der Waals surface area contributed by atoms with Crippen molar-refractivity contribution in [2.75, 3.05) is 31.1 Å². The van der Waals surface area contributed by atoms with Crippen LogP contribution in [0.1, 0.15) is 37.0 Å². The summed E-state index contributed by atoms with van der Waals surface area (Å²) in [4.78, 5) is 17.0. The normalized spacial score (nSPS) is 14.6. The minimum atomic E-state index is 0.102. The number of piperidine rings is 1. The van der Waals surface area contributed by atoms with E-state index in [2.05, 4.69) is 64.8 Å². The Bertz CT molecular complexity index is 989. The van der Waals surface area contributed by atoms with Crippen LogP contribution in [0.2, 0.25) is 0 Å².